The van der Waals surface area contributed by atoms with Crippen molar-refractivity contribution in [3.63, 3.8) is 0 Å². The number of carbonyl (C=O) groups is 1. The largest absolute Gasteiger partial charge is 0.497 e. The van der Waals surface area contributed by atoms with E-state index >= 15 is 0 Å². The molecule has 3 rings (SSSR count). The Bertz CT molecular complexity index is 729. The monoisotopic (exact) mass is 372 g/mol. The molecule has 2 heterocycles. The summed E-state index contributed by atoms with van der Waals surface area (Å²) in [6, 6.07) is 7.46. The topological polar surface area (TPSA) is 80.5 Å². The standard InChI is InChI=1S/C20H28N4O3/c1-3-11-24-12-10-15(14-24)13-21-18(25)8-9-19-22-20(23-27-19)16-4-6-17(26-2)7-5-16/h4-7,15H,3,8-14H2,1-2H3,(H,21,25). The van der Waals surface area contributed by atoms with Crippen molar-refractivity contribution in [2.24, 2.45) is 5.92 Å². The van der Waals surface area contributed by atoms with Gasteiger partial charge in [0.1, 0.15) is 5.75 Å². The van der Waals surface area contributed by atoms with E-state index in [9.17, 15) is 4.79 Å². The maximum Gasteiger partial charge on any atom is 0.227 e. The highest BCUT2D eigenvalue weighted by atomic mass is 16.5. The summed E-state index contributed by atoms with van der Waals surface area (Å²) < 4.78 is 10.4. The lowest BCUT2D eigenvalue weighted by Gasteiger charge is -2.14. The van der Waals surface area contributed by atoms with Crippen LogP contribution < -0.4 is 10.1 Å². The van der Waals surface area contributed by atoms with Crippen LogP contribution in [0.2, 0.25) is 0 Å². The zero-order valence-corrected chi connectivity index (χ0v) is 16.1. The van der Waals surface area contributed by atoms with Gasteiger partial charge in [-0.25, -0.2) is 0 Å². The maximum atomic E-state index is 12.1. The van der Waals surface area contributed by atoms with Crippen LogP contribution in [-0.2, 0) is 11.2 Å². The van der Waals surface area contributed by atoms with Crippen molar-refractivity contribution in [2.45, 2.75) is 32.6 Å². The number of hydrogen-bond acceptors (Lipinski definition) is 6. The van der Waals surface area contributed by atoms with Gasteiger partial charge in [0.15, 0.2) is 0 Å². The summed E-state index contributed by atoms with van der Waals surface area (Å²) in [4.78, 5) is 18.9. The van der Waals surface area contributed by atoms with Crippen LogP contribution in [0.15, 0.2) is 28.8 Å². The van der Waals surface area contributed by atoms with Crippen LogP contribution >= 0.6 is 0 Å². The van der Waals surface area contributed by atoms with Crippen molar-refractivity contribution in [2.75, 3.05) is 33.3 Å². The molecule has 0 radical (unpaired) electrons. The molecule has 1 atom stereocenters. The number of rotatable bonds is 9. The molecule has 1 aliphatic rings. The molecule has 27 heavy (non-hydrogen) atoms. The number of nitrogens with one attached hydrogen (secondary N) is 1. The van der Waals surface area contributed by atoms with Gasteiger partial charge in [0, 0.05) is 31.5 Å². The molecule has 0 saturated carbocycles. The second kappa shape index (κ2) is 9.50. The zero-order chi connectivity index (χ0) is 19.1. The maximum absolute atomic E-state index is 12.1. The van der Waals surface area contributed by atoms with E-state index in [-0.39, 0.29) is 5.91 Å². The summed E-state index contributed by atoms with van der Waals surface area (Å²) in [5.74, 6) is 2.37. The summed E-state index contributed by atoms with van der Waals surface area (Å²) >= 11 is 0. The van der Waals surface area contributed by atoms with Gasteiger partial charge in [-0.1, -0.05) is 12.1 Å². The minimum absolute atomic E-state index is 0.0353. The summed E-state index contributed by atoms with van der Waals surface area (Å²) in [7, 11) is 1.63. The Balaban J connectivity index is 1.41. The van der Waals surface area contributed by atoms with Gasteiger partial charge in [-0.2, -0.15) is 4.98 Å². The third-order valence-electron chi connectivity index (χ3n) is 4.88. The first kappa shape index (κ1) is 19.4. The second-order valence-electron chi connectivity index (χ2n) is 7.00. The molecule has 0 bridgehead atoms. The molecule has 0 aliphatic carbocycles. The fourth-order valence-electron chi connectivity index (χ4n) is 3.38. The average Bonchev–Trinajstić information content (AvgIpc) is 3.35. The molecule has 1 N–H and O–H groups in total. The Morgan fingerprint density at radius 2 is 2.19 bits per heavy atom. The molecule has 1 amide bonds. The molecule has 7 nitrogen and oxygen atoms in total. The quantitative estimate of drug-likeness (QED) is 0.729. The average molecular weight is 372 g/mol. The lowest BCUT2D eigenvalue weighted by molar-refractivity contribution is -0.121. The summed E-state index contributed by atoms with van der Waals surface area (Å²) in [6.45, 7) is 6.33. The number of hydrogen-bond donors (Lipinski definition) is 1. The van der Waals surface area contributed by atoms with Gasteiger partial charge in [-0.05, 0) is 56.1 Å². The third-order valence-corrected chi connectivity index (χ3v) is 4.88. The van der Waals surface area contributed by atoms with E-state index in [4.69, 9.17) is 9.26 Å². The summed E-state index contributed by atoms with van der Waals surface area (Å²) in [5.41, 5.74) is 0.855. The van der Waals surface area contributed by atoms with Gasteiger partial charge in [-0.15, -0.1) is 0 Å². The van der Waals surface area contributed by atoms with Crippen LogP contribution in [0.3, 0.4) is 0 Å². The molecule has 7 heteroatoms. The molecule has 1 saturated heterocycles. The number of carbonyl (C=O) groups excluding carboxylic acids is 1. The molecule has 1 aromatic heterocycles. The molecule has 2 aromatic rings. The highest BCUT2D eigenvalue weighted by Crippen LogP contribution is 2.20. The minimum Gasteiger partial charge on any atom is -0.497 e. The van der Waals surface area contributed by atoms with Crippen LogP contribution in [-0.4, -0.2) is 54.2 Å². The van der Waals surface area contributed by atoms with Gasteiger partial charge >= 0.3 is 0 Å². The van der Waals surface area contributed by atoms with Crippen LogP contribution in [0, 0.1) is 5.92 Å². The predicted octanol–water partition coefficient (Wildman–Crippen LogP) is 2.53. The number of benzene rings is 1. The van der Waals surface area contributed by atoms with Crippen molar-refractivity contribution in [1.29, 1.82) is 0 Å². The number of ether oxygens (including phenoxy) is 1. The molecular weight excluding hydrogens is 344 g/mol. The Labute approximate surface area is 160 Å². The SMILES string of the molecule is CCCN1CCC(CNC(=O)CCc2nc(-c3ccc(OC)cc3)no2)C1. The van der Waals surface area contributed by atoms with Crippen molar-refractivity contribution < 1.29 is 14.1 Å². The van der Waals surface area contributed by atoms with Crippen LogP contribution in [0.1, 0.15) is 32.1 Å². The Morgan fingerprint density at radius 3 is 2.93 bits per heavy atom. The van der Waals surface area contributed by atoms with Crippen molar-refractivity contribution in [3.8, 4) is 17.1 Å². The van der Waals surface area contributed by atoms with E-state index in [0.717, 1.165) is 43.9 Å². The fourth-order valence-corrected chi connectivity index (χ4v) is 3.38. The van der Waals surface area contributed by atoms with E-state index in [1.807, 2.05) is 24.3 Å². The van der Waals surface area contributed by atoms with Crippen LogP contribution in [0.5, 0.6) is 5.75 Å². The second-order valence-corrected chi connectivity index (χ2v) is 7.00. The Kier molecular flexibility index (Phi) is 6.81. The number of amides is 1. The fraction of sp³-hybridized carbons (Fsp3) is 0.550. The van der Waals surface area contributed by atoms with Gasteiger partial charge in [-0.3, -0.25) is 4.79 Å². The Morgan fingerprint density at radius 1 is 1.37 bits per heavy atom. The van der Waals surface area contributed by atoms with E-state index in [0.29, 0.717) is 30.5 Å². The van der Waals surface area contributed by atoms with Gasteiger partial charge in [0.05, 0.1) is 7.11 Å². The number of methoxy groups -OCH3 is 1. The predicted molar refractivity (Wildman–Crippen MR) is 102 cm³/mol. The normalized spacial score (nSPS) is 17.2. The Hall–Kier alpha value is -2.41. The van der Waals surface area contributed by atoms with Gasteiger partial charge in [0.25, 0.3) is 0 Å². The number of nitrogens with zero attached hydrogens (tertiary/aromatic N) is 3. The molecule has 1 aromatic carbocycles. The first-order valence-electron chi connectivity index (χ1n) is 9.64. The number of likely N-dealkylation sites (tertiary alicyclic amines) is 1. The zero-order valence-electron chi connectivity index (χ0n) is 16.1. The van der Waals surface area contributed by atoms with Crippen LogP contribution in [0.4, 0.5) is 0 Å². The lowest BCUT2D eigenvalue weighted by Crippen LogP contribution is -2.31. The molecule has 1 fully saturated rings. The number of aryl methyl sites for hydroxylation is 1. The van der Waals surface area contributed by atoms with Gasteiger partial charge in [0.2, 0.25) is 17.6 Å². The van der Waals surface area contributed by atoms with Crippen LogP contribution in [0.25, 0.3) is 11.4 Å². The van der Waals surface area contributed by atoms with E-state index in [2.05, 4.69) is 27.3 Å². The molecule has 1 aliphatic heterocycles. The highest BCUT2D eigenvalue weighted by Gasteiger charge is 2.22. The minimum atomic E-state index is 0.0353. The molecule has 146 valence electrons. The number of aromatic nitrogens is 2. The van der Waals surface area contributed by atoms with E-state index in [1.54, 1.807) is 7.11 Å². The molecule has 1 unspecified atom stereocenters. The molecular formula is C20H28N4O3. The summed E-state index contributed by atoms with van der Waals surface area (Å²) in [6.07, 6.45) is 3.15. The lowest BCUT2D eigenvalue weighted by atomic mass is 10.1. The first-order valence-corrected chi connectivity index (χ1v) is 9.64. The molecule has 0 spiro atoms. The van der Waals surface area contributed by atoms with Gasteiger partial charge < -0.3 is 19.5 Å². The highest BCUT2D eigenvalue weighted by molar-refractivity contribution is 5.76. The summed E-state index contributed by atoms with van der Waals surface area (Å²) in [5, 5.41) is 7.03. The van der Waals surface area contributed by atoms with Crippen molar-refractivity contribution >= 4 is 5.91 Å². The third kappa shape index (κ3) is 5.53. The smallest absolute Gasteiger partial charge is 0.227 e. The van der Waals surface area contributed by atoms with E-state index < -0.39 is 0 Å². The van der Waals surface area contributed by atoms with Crippen molar-refractivity contribution in [3.05, 3.63) is 30.2 Å². The van der Waals surface area contributed by atoms with E-state index in [1.165, 1.54) is 6.42 Å². The van der Waals surface area contributed by atoms with Crippen molar-refractivity contribution in [1.82, 2.24) is 20.4 Å². The first-order chi connectivity index (χ1) is 13.2.